The Bertz CT molecular complexity index is 746. The number of carboxylic acid groups (broad SMARTS) is 1. The molecule has 6 nitrogen and oxygen atoms in total. The van der Waals surface area contributed by atoms with E-state index in [0.29, 0.717) is 18.0 Å². The number of likely N-dealkylation sites (N-methyl/N-ethyl adjacent to an activating group) is 1. The van der Waals surface area contributed by atoms with Gasteiger partial charge in [0, 0.05) is 25.7 Å². The van der Waals surface area contributed by atoms with Crippen molar-refractivity contribution in [2.75, 3.05) is 18.5 Å². The molecule has 2 aromatic rings. The highest BCUT2D eigenvalue weighted by molar-refractivity contribution is 5.87. The van der Waals surface area contributed by atoms with Crippen molar-refractivity contribution in [1.29, 1.82) is 0 Å². The van der Waals surface area contributed by atoms with E-state index in [-0.39, 0.29) is 6.04 Å². The van der Waals surface area contributed by atoms with Gasteiger partial charge in [0.1, 0.15) is 5.75 Å². The number of anilines is 1. The van der Waals surface area contributed by atoms with E-state index in [1.54, 1.807) is 45.2 Å². The number of nitrogens with zero attached hydrogens (tertiary/aromatic N) is 2. The van der Waals surface area contributed by atoms with Crippen molar-refractivity contribution in [2.24, 2.45) is 0 Å². The molecular weight excluding hydrogens is 332 g/mol. The van der Waals surface area contributed by atoms with Gasteiger partial charge < -0.3 is 14.7 Å². The normalized spacial score (nSPS) is 10.5. The number of ether oxygens (including phenoxy) is 1. The summed E-state index contributed by atoms with van der Waals surface area (Å²) in [5, 5.41) is 9.35. The van der Waals surface area contributed by atoms with Crippen molar-refractivity contribution in [1.82, 2.24) is 4.90 Å². The summed E-state index contributed by atoms with van der Waals surface area (Å²) in [5.41, 5.74) is 1.60. The number of rotatable bonds is 6. The van der Waals surface area contributed by atoms with E-state index in [2.05, 4.69) is 0 Å². The van der Waals surface area contributed by atoms with Gasteiger partial charge >= 0.3 is 12.2 Å². The molecule has 2 aromatic carbocycles. The van der Waals surface area contributed by atoms with E-state index < -0.39 is 12.2 Å². The van der Waals surface area contributed by atoms with Crippen LogP contribution in [0.2, 0.25) is 0 Å². The zero-order valence-corrected chi connectivity index (χ0v) is 15.3. The van der Waals surface area contributed by atoms with Gasteiger partial charge in [0.15, 0.2) is 0 Å². The highest BCUT2D eigenvalue weighted by atomic mass is 16.6. The van der Waals surface area contributed by atoms with Gasteiger partial charge in [-0.3, -0.25) is 4.90 Å². The smallest absolute Gasteiger partial charge is 0.414 e. The molecule has 0 radical (unpaired) electrons. The van der Waals surface area contributed by atoms with Crippen LogP contribution in [0.15, 0.2) is 54.6 Å². The summed E-state index contributed by atoms with van der Waals surface area (Å²) < 4.78 is 5.38. The third-order valence-corrected chi connectivity index (χ3v) is 3.91. The highest BCUT2D eigenvalue weighted by Gasteiger charge is 2.19. The van der Waals surface area contributed by atoms with E-state index >= 15 is 0 Å². The predicted octanol–water partition coefficient (Wildman–Crippen LogP) is 4.25. The lowest BCUT2D eigenvalue weighted by atomic mass is 10.1. The minimum Gasteiger partial charge on any atom is -0.465 e. The second kappa shape index (κ2) is 8.89. The molecule has 6 heteroatoms. The number of amides is 2. The zero-order valence-electron chi connectivity index (χ0n) is 15.3. The molecule has 0 aliphatic carbocycles. The molecule has 0 spiro atoms. The maximum atomic E-state index is 12.3. The number of hydrogen-bond donors (Lipinski definition) is 1. The third-order valence-electron chi connectivity index (χ3n) is 3.91. The molecule has 0 unspecified atom stereocenters. The largest absolute Gasteiger partial charge is 0.465 e. The summed E-state index contributed by atoms with van der Waals surface area (Å²) in [6.07, 6.45) is -0.806. The number of hydrogen-bond acceptors (Lipinski definition) is 3. The molecule has 0 aliphatic rings. The maximum Gasteiger partial charge on any atom is 0.414 e. The van der Waals surface area contributed by atoms with Crippen LogP contribution in [-0.2, 0) is 6.42 Å². The number of benzene rings is 2. The lowest BCUT2D eigenvalue weighted by Crippen LogP contribution is -2.35. The van der Waals surface area contributed by atoms with Gasteiger partial charge in [-0.1, -0.05) is 36.4 Å². The van der Waals surface area contributed by atoms with E-state index in [4.69, 9.17) is 4.74 Å². The van der Waals surface area contributed by atoms with Crippen LogP contribution in [0, 0.1) is 0 Å². The molecule has 0 saturated carbocycles. The van der Waals surface area contributed by atoms with E-state index in [1.165, 1.54) is 9.80 Å². The molecule has 138 valence electrons. The Kier molecular flexibility index (Phi) is 6.60. The monoisotopic (exact) mass is 356 g/mol. The minimum atomic E-state index is -1.05. The van der Waals surface area contributed by atoms with Crippen molar-refractivity contribution in [3.8, 4) is 5.75 Å². The van der Waals surface area contributed by atoms with Crippen LogP contribution >= 0.6 is 0 Å². The molecule has 0 aliphatic heterocycles. The SMILES string of the molecule is CC(C)N(C(=O)O)c1cccc(OC(=O)N(C)CCc2ccccc2)c1. The van der Waals surface area contributed by atoms with Gasteiger partial charge in [0.25, 0.3) is 0 Å². The van der Waals surface area contributed by atoms with Gasteiger partial charge in [0.2, 0.25) is 0 Å². The average molecular weight is 356 g/mol. The van der Waals surface area contributed by atoms with Gasteiger partial charge in [-0.15, -0.1) is 0 Å². The highest BCUT2D eigenvalue weighted by Crippen LogP contribution is 2.23. The average Bonchev–Trinajstić information content (AvgIpc) is 2.60. The number of carbonyl (C=O) groups excluding carboxylic acids is 1. The molecular formula is C20H24N2O4. The molecule has 26 heavy (non-hydrogen) atoms. The fourth-order valence-electron chi connectivity index (χ4n) is 2.54. The standard InChI is InChI=1S/C20H24N2O4/c1-15(2)22(19(23)24)17-10-7-11-18(14-17)26-20(25)21(3)13-12-16-8-5-4-6-9-16/h4-11,14-15H,12-13H2,1-3H3,(H,23,24). The lowest BCUT2D eigenvalue weighted by molar-refractivity contribution is 0.163. The van der Waals surface area contributed by atoms with Gasteiger partial charge in [-0.05, 0) is 38.0 Å². The maximum absolute atomic E-state index is 12.3. The van der Waals surface area contributed by atoms with Crippen molar-refractivity contribution >= 4 is 17.9 Å². The van der Waals surface area contributed by atoms with E-state index in [1.807, 2.05) is 30.3 Å². The van der Waals surface area contributed by atoms with E-state index in [0.717, 1.165) is 12.0 Å². The second-order valence-corrected chi connectivity index (χ2v) is 6.27. The van der Waals surface area contributed by atoms with Crippen molar-refractivity contribution in [3.05, 3.63) is 60.2 Å². The van der Waals surface area contributed by atoms with Gasteiger partial charge in [-0.2, -0.15) is 0 Å². The Morgan fingerprint density at radius 3 is 2.38 bits per heavy atom. The van der Waals surface area contributed by atoms with E-state index in [9.17, 15) is 14.7 Å². The van der Waals surface area contributed by atoms with Crippen LogP contribution in [0.4, 0.5) is 15.3 Å². The number of carbonyl (C=O) groups is 2. The van der Waals surface area contributed by atoms with Crippen molar-refractivity contribution in [3.63, 3.8) is 0 Å². The molecule has 2 rings (SSSR count). The van der Waals surface area contributed by atoms with Crippen LogP contribution in [0.1, 0.15) is 19.4 Å². The molecule has 0 aromatic heterocycles. The summed E-state index contributed by atoms with van der Waals surface area (Å²) in [6.45, 7) is 4.09. The minimum absolute atomic E-state index is 0.230. The fraction of sp³-hybridized carbons (Fsp3) is 0.300. The molecule has 2 amide bonds. The summed E-state index contributed by atoms with van der Waals surface area (Å²) in [6, 6.07) is 16.2. The summed E-state index contributed by atoms with van der Waals surface area (Å²) in [5.74, 6) is 0.311. The first-order valence-corrected chi connectivity index (χ1v) is 8.47. The zero-order chi connectivity index (χ0) is 19.1. The first-order valence-electron chi connectivity index (χ1n) is 8.47. The second-order valence-electron chi connectivity index (χ2n) is 6.27. The molecule has 0 bridgehead atoms. The Morgan fingerprint density at radius 1 is 1.08 bits per heavy atom. The molecule has 1 N–H and O–H groups in total. The Morgan fingerprint density at radius 2 is 1.77 bits per heavy atom. The van der Waals surface area contributed by atoms with Gasteiger partial charge in [0.05, 0.1) is 5.69 Å². The summed E-state index contributed by atoms with van der Waals surface area (Å²) in [4.78, 5) is 26.4. The third kappa shape index (κ3) is 5.24. The van der Waals surface area contributed by atoms with Crippen LogP contribution < -0.4 is 9.64 Å². The van der Waals surface area contributed by atoms with Crippen LogP contribution in [0.3, 0.4) is 0 Å². The first kappa shape index (κ1) is 19.3. The quantitative estimate of drug-likeness (QED) is 0.840. The van der Waals surface area contributed by atoms with Crippen LogP contribution in [-0.4, -0.2) is 41.8 Å². The van der Waals surface area contributed by atoms with Gasteiger partial charge in [-0.25, -0.2) is 9.59 Å². The topological polar surface area (TPSA) is 70.1 Å². The molecule has 0 fully saturated rings. The van der Waals surface area contributed by atoms with Crippen LogP contribution in [0.25, 0.3) is 0 Å². The Labute approximate surface area is 153 Å². The van der Waals surface area contributed by atoms with Crippen molar-refractivity contribution < 1.29 is 19.4 Å². The summed E-state index contributed by atoms with van der Waals surface area (Å²) >= 11 is 0. The lowest BCUT2D eigenvalue weighted by Gasteiger charge is -2.24. The summed E-state index contributed by atoms with van der Waals surface area (Å²) in [7, 11) is 1.67. The molecule has 0 atom stereocenters. The van der Waals surface area contributed by atoms with Crippen molar-refractivity contribution in [2.45, 2.75) is 26.3 Å². The Balaban J connectivity index is 2.00. The predicted molar refractivity (Wildman–Crippen MR) is 101 cm³/mol. The van der Waals surface area contributed by atoms with Crippen LogP contribution in [0.5, 0.6) is 5.75 Å². The Hall–Kier alpha value is -3.02. The molecule has 0 heterocycles. The molecule has 0 saturated heterocycles. The first-order chi connectivity index (χ1) is 12.4. The fourth-order valence-corrected chi connectivity index (χ4v) is 2.54.